The number of carbonyl (C=O) groups is 1. The zero-order valence-electron chi connectivity index (χ0n) is 11.0. The molecule has 19 heavy (non-hydrogen) atoms. The Bertz CT molecular complexity index is 451. The Labute approximate surface area is 122 Å². The van der Waals surface area contributed by atoms with Gasteiger partial charge in [-0.2, -0.15) is 0 Å². The highest BCUT2D eigenvalue weighted by molar-refractivity contribution is 9.10. The van der Waals surface area contributed by atoms with E-state index in [4.69, 9.17) is 4.74 Å². The first kappa shape index (κ1) is 14.3. The smallest absolute Gasteiger partial charge is 0.237 e. The van der Waals surface area contributed by atoms with E-state index in [1.807, 2.05) is 18.2 Å². The first-order valence-corrected chi connectivity index (χ1v) is 7.34. The van der Waals surface area contributed by atoms with Crippen LogP contribution >= 0.6 is 15.9 Å². The van der Waals surface area contributed by atoms with Crippen LogP contribution in [0.2, 0.25) is 0 Å². The van der Waals surface area contributed by atoms with Gasteiger partial charge in [-0.1, -0.05) is 12.1 Å². The molecular formula is C14H19BrN2O2. The molecule has 1 heterocycles. The van der Waals surface area contributed by atoms with Crippen molar-refractivity contribution >= 4 is 21.8 Å². The Morgan fingerprint density at radius 1 is 1.47 bits per heavy atom. The maximum Gasteiger partial charge on any atom is 0.237 e. The van der Waals surface area contributed by atoms with Gasteiger partial charge in [-0.3, -0.25) is 4.79 Å². The minimum Gasteiger partial charge on any atom is -0.495 e. The van der Waals surface area contributed by atoms with Gasteiger partial charge in [-0.25, -0.2) is 0 Å². The minimum atomic E-state index is -0.105. The summed E-state index contributed by atoms with van der Waals surface area (Å²) in [6, 6.07) is 5.81. The third-order valence-corrected chi connectivity index (χ3v) is 3.95. The number of hydrogen-bond donors (Lipinski definition) is 2. The minimum absolute atomic E-state index is 0.103. The van der Waals surface area contributed by atoms with Gasteiger partial charge in [0.1, 0.15) is 5.75 Å². The summed E-state index contributed by atoms with van der Waals surface area (Å²) in [4.78, 5) is 11.8. The number of nitrogens with one attached hydrogen (secondary N) is 2. The van der Waals surface area contributed by atoms with E-state index in [1.54, 1.807) is 7.11 Å². The van der Waals surface area contributed by atoms with Crippen LogP contribution in [0.5, 0.6) is 5.75 Å². The molecule has 1 fully saturated rings. The summed E-state index contributed by atoms with van der Waals surface area (Å²) in [6.07, 6.45) is 3.03. The fourth-order valence-corrected chi connectivity index (χ4v) is 2.86. The van der Waals surface area contributed by atoms with E-state index in [1.165, 1.54) is 0 Å². The second-order valence-electron chi connectivity index (χ2n) is 4.65. The molecule has 0 spiro atoms. The molecule has 1 aliphatic heterocycles. The van der Waals surface area contributed by atoms with Crippen LogP contribution in [0.1, 0.15) is 24.8 Å². The van der Waals surface area contributed by atoms with Crippen LogP contribution < -0.4 is 15.4 Å². The molecule has 1 unspecified atom stereocenters. The van der Waals surface area contributed by atoms with Crippen LogP contribution in [-0.4, -0.2) is 25.6 Å². The van der Waals surface area contributed by atoms with Crippen LogP contribution in [0.25, 0.3) is 0 Å². The molecule has 2 N–H and O–H groups in total. The van der Waals surface area contributed by atoms with E-state index in [0.29, 0.717) is 6.54 Å². The Kier molecular flexibility index (Phi) is 5.22. The molecule has 1 aromatic carbocycles. The van der Waals surface area contributed by atoms with Crippen LogP contribution in [-0.2, 0) is 11.3 Å². The number of rotatable bonds is 4. The van der Waals surface area contributed by atoms with Gasteiger partial charge >= 0.3 is 0 Å². The summed E-state index contributed by atoms with van der Waals surface area (Å²) in [5.74, 6) is 0.926. The fourth-order valence-electron chi connectivity index (χ4n) is 2.29. The summed E-state index contributed by atoms with van der Waals surface area (Å²) >= 11 is 3.47. The third kappa shape index (κ3) is 3.70. The Morgan fingerprint density at radius 3 is 3.11 bits per heavy atom. The first-order valence-electron chi connectivity index (χ1n) is 6.55. The highest BCUT2D eigenvalue weighted by atomic mass is 79.9. The lowest BCUT2D eigenvalue weighted by molar-refractivity contribution is -0.122. The van der Waals surface area contributed by atoms with Crippen molar-refractivity contribution in [2.45, 2.75) is 31.8 Å². The largest absolute Gasteiger partial charge is 0.495 e. The van der Waals surface area contributed by atoms with E-state index in [-0.39, 0.29) is 11.9 Å². The Hall–Kier alpha value is -1.07. The van der Waals surface area contributed by atoms with Gasteiger partial charge in [0.15, 0.2) is 0 Å². The summed E-state index contributed by atoms with van der Waals surface area (Å²) < 4.78 is 6.31. The molecule has 2 rings (SSSR count). The predicted molar refractivity (Wildman–Crippen MR) is 78.2 cm³/mol. The first-order chi connectivity index (χ1) is 9.22. The zero-order chi connectivity index (χ0) is 13.7. The average Bonchev–Trinajstić information content (AvgIpc) is 2.61. The van der Waals surface area contributed by atoms with Gasteiger partial charge in [0, 0.05) is 18.7 Å². The van der Waals surface area contributed by atoms with Crippen molar-refractivity contribution in [3.05, 3.63) is 28.2 Å². The van der Waals surface area contributed by atoms with E-state index >= 15 is 0 Å². The molecule has 0 aromatic heterocycles. The Morgan fingerprint density at radius 2 is 2.32 bits per heavy atom. The topological polar surface area (TPSA) is 50.4 Å². The number of para-hydroxylation sites is 1. The normalized spacial score (nSPS) is 19.7. The van der Waals surface area contributed by atoms with E-state index in [2.05, 4.69) is 26.6 Å². The van der Waals surface area contributed by atoms with Crippen LogP contribution in [0.4, 0.5) is 0 Å². The van der Waals surface area contributed by atoms with Crippen molar-refractivity contribution in [2.24, 2.45) is 0 Å². The van der Waals surface area contributed by atoms with Gasteiger partial charge in [-0.05, 0) is 41.3 Å². The maximum absolute atomic E-state index is 11.8. The second kappa shape index (κ2) is 6.91. The molecule has 0 bridgehead atoms. The van der Waals surface area contributed by atoms with Crippen molar-refractivity contribution in [2.75, 3.05) is 13.7 Å². The number of methoxy groups -OCH3 is 1. The third-order valence-electron chi connectivity index (χ3n) is 3.33. The summed E-state index contributed by atoms with van der Waals surface area (Å²) in [5.41, 5.74) is 1.05. The van der Waals surface area contributed by atoms with Gasteiger partial charge in [0.2, 0.25) is 5.91 Å². The molecule has 104 valence electrons. The fraction of sp³-hybridized carbons (Fsp3) is 0.500. The average molecular weight is 327 g/mol. The van der Waals surface area contributed by atoms with E-state index in [9.17, 15) is 4.79 Å². The second-order valence-corrected chi connectivity index (χ2v) is 5.51. The molecule has 1 atom stereocenters. The van der Waals surface area contributed by atoms with Gasteiger partial charge in [0.05, 0.1) is 17.6 Å². The van der Waals surface area contributed by atoms with Gasteiger partial charge < -0.3 is 15.4 Å². The molecule has 5 heteroatoms. The SMILES string of the molecule is COc1c(Br)cccc1CNC1CCCCNC1=O. The van der Waals surface area contributed by atoms with Crippen molar-refractivity contribution in [1.82, 2.24) is 10.6 Å². The molecule has 1 aromatic rings. The summed E-state index contributed by atoms with van der Waals surface area (Å²) in [6.45, 7) is 1.41. The maximum atomic E-state index is 11.8. The van der Waals surface area contributed by atoms with Gasteiger partial charge in [0.25, 0.3) is 0 Å². The quantitative estimate of drug-likeness (QED) is 0.892. The van der Waals surface area contributed by atoms with E-state index in [0.717, 1.165) is 41.6 Å². The van der Waals surface area contributed by atoms with Crippen LogP contribution in [0.3, 0.4) is 0 Å². The van der Waals surface area contributed by atoms with Crippen molar-refractivity contribution < 1.29 is 9.53 Å². The lowest BCUT2D eigenvalue weighted by atomic mass is 10.1. The molecular weight excluding hydrogens is 308 g/mol. The number of benzene rings is 1. The zero-order valence-corrected chi connectivity index (χ0v) is 12.6. The molecule has 4 nitrogen and oxygen atoms in total. The monoisotopic (exact) mass is 326 g/mol. The summed E-state index contributed by atoms with van der Waals surface area (Å²) in [5, 5.41) is 6.25. The Balaban J connectivity index is 2.01. The highest BCUT2D eigenvalue weighted by Crippen LogP contribution is 2.28. The van der Waals surface area contributed by atoms with Crippen molar-refractivity contribution in [1.29, 1.82) is 0 Å². The highest BCUT2D eigenvalue weighted by Gasteiger charge is 2.20. The molecule has 0 aliphatic carbocycles. The number of amides is 1. The van der Waals surface area contributed by atoms with Crippen molar-refractivity contribution in [3.63, 3.8) is 0 Å². The standard InChI is InChI=1S/C14H19BrN2O2/c1-19-13-10(5-4-6-11(13)15)9-17-12-7-2-3-8-16-14(12)18/h4-6,12,17H,2-3,7-9H2,1H3,(H,16,18). The molecule has 0 radical (unpaired) electrons. The molecule has 1 amide bonds. The van der Waals surface area contributed by atoms with E-state index < -0.39 is 0 Å². The molecule has 1 saturated heterocycles. The number of ether oxygens (including phenoxy) is 1. The van der Waals surface area contributed by atoms with Gasteiger partial charge in [-0.15, -0.1) is 0 Å². The van der Waals surface area contributed by atoms with Crippen LogP contribution in [0, 0.1) is 0 Å². The number of hydrogen-bond acceptors (Lipinski definition) is 3. The number of halogens is 1. The van der Waals surface area contributed by atoms with Crippen molar-refractivity contribution in [3.8, 4) is 5.75 Å². The number of carbonyl (C=O) groups excluding carboxylic acids is 1. The molecule has 1 aliphatic rings. The molecule has 0 saturated carbocycles. The van der Waals surface area contributed by atoms with Crippen LogP contribution in [0.15, 0.2) is 22.7 Å². The lowest BCUT2D eigenvalue weighted by Crippen LogP contribution is -2.42. The summed E-state index contributed by atoms with van der Waals surface area (Å²) in [7, 11) is 1.65. The lowest BCUT2D eigenvalue weighted by Gasteiger charge is -2.17. The predicted octanol–water partition coefficient (Wildman–Crippen LogP) is 2.22.